The highest BCUT2D eigenvalue weighted by atomic mass is 32.2. The summed E-state index contributed by atoms with van der Waals surface area (Å²) in [6, 6.07) is 16.6. The molecule has 2 aromatic carbocycles. The second kappa shape index (κ2) is 7.77. The third kappa shape index (κ3) is 4.19. The maximum atomic E-state index is 13.0. The van der Waals surface area contributed by atoms with Gasteiger partial charge in [0.25, 0.3) is 0 Å². The molecule has 2 amide bonds. The van der Waals surface area contributed by atoms with Crippen LogP contribution in [0.3, 0.4) is 0 Å². The number of amides is 2. The van der Waals surface area contributed by atoms with Crippen molar-refractivity contribution in [3.8, 4) is 0 Å². The van der Waals surface area contributed by atoms with Crippen LogP contribution in [0, 0.1) is 0 Å². The fourth-order valence-corrected chi connectivity index (χ4v) is 4.49. The number of anilines is 1. The number of hydrogen-bond donors (Lipinski definition) is 1. The van der Waals surface area contributed by atoms with Gasteiger partial charge in [0.15, 0.2) is 0 Å². The van der Waals surface area contributed by atoms with Crippen molar-refractivity contribution >= 4 is 29.3 Å². The quantitative estimate of drug-likeness (QED) is 0.815. The van der Waals surface area contributed by atoms with Crippen LogP contribution in [0.5, 0.6) is 0 Å². The predicted molar refractivity (Wildman–Crippen MR) is 109 cm³/mol. The molecule has 1 heterocycles. The summed E-state index contributed by atoms with van der Waals surface area (Å²) in [5.74, 6) is -0.000746. The van der Waals surface area contributed by atoms with Crippen LogP contribution in [0.1, 0.15) is 37.3 Å². The highest BCUT2D eigenvalue weighted by Gasteiger charge is 2.36. The molecule has 1 fully saturated rings. The maximum absolute atomic E-state index is 13.0. The van der Waals surface area contributed by atoms with Crippen molar-refractivity contribution in [1.82, 2.24) is 4.90 Å². The van der Waals surface area contributed by atoms with Gasteiger partial charge in [0.2, 0.25) is 11.8 Å². The molecule has 1 aliphatic carbocycles. The first-order valence-electron chi connectivity index (χ1n) is 9.58. The van der Waals surface area contributed by atoms with Gasteiger partial charge in [-0.25, -0.2) is 0 Å². The maximum Gasteiger partial charge on any atom is 0.238 e. The van der Waals surface area contributed by atoms with E-state index in [2.05, 4.69) is 36.5 Å². The molecular formula is C22H24N2O2S. The second-order valence-electron chi connectivity index (χ2n) is 7.22. The molecule has 1 saturated carbocycles. The zero-order chi connectivity index (χ0) is 18.8. The SMILES string of the molecule is CCc1ccc(CN(C(=O)CC2Sc3ccccc3NC2=O)C2CC2)cc1. The zero-order valence-electron chi connectivity index (χ0n) is 15.5. The number of hydrogen-bond acceptors (Lipinski definition) is 3. The van der Waals surface area contributed by atoms with Gasteiger partial charge in [0, 0.05) is 23.9 Å². The topological polar surface area (TPSA) is 49.4 Å². The van der Waals surface area contributed by atoms with Crippen molar-refractivity contribution in [2.24, 2.45) is 0 Å². The average Bonchev–Trinajstić information content (AvgIpc) is 3.52. The third-order valence-corrected chi connectivity index (χ3v) is 6.43. The summed E-state index contributed by atoms with van der Waals surface area (Å²) in [4.78, 5) is 28.4. The van der Waals surface area contributed by atoms with Crippen molar-refractivity contribution in [3.05, 3.63) is 59.7 Å². The molecule has 1 aliphatic heterocycles. The number of nitrogens with one attached hydrogen (secondary N) is 1. The highest BCUT2D eigenvalue weighted by Crippen LogP contribution is 2.37. The van der Waals surface area contributed by atoms with E-state index in [1.54, 1.807) is 0 Å². The largest absolute Gasteiger partial charge is 0.335 e. The van der Waals surface area contributed by atoms with Crippen molar-refractivity contribution in [1.29, 1.82) is 0 Å². The summed E-state index contributed by atoms with van der Waals surface area (Å²) in [7, 11) is 0. The Morgan fingerprint density at radius 2 is 1.81 bits per heavy atom. The molecule has 5 heteroatoms. The Labute approximate surface area is 164 Å². The monoisotopic (exact) mass is 380 g/mol. The van der Waals surface area contributed by atoms with Crippen LogP contribution in [-0.2, 0) is 22.6 Å². The summed E-state index contributed by atoms with van der Waals surface area (Å²) >= 11 is 1.49. The molecular weight excluding hydrogens is 356 g/mol. The Morgan fingerprint density at radius 1 is 1.11 bits per heavy atom. The first kappa shape index (κ1) is 18.1. The van der Waals surface area contributed by atoms with Gasteiger partial charge >= 0.3 is 0 Å². The molecule has 0 spiro atoms. The first-order valence-corrected chi connectivity index (χ1v) is 10.5. The molecule has 0 bridgehead atoms. The minimum absolute atomic E-state index is 0.0732. The molecule has 2 aromatic rings. The van der Waals surface area contributed by atoms with Gasteiger partial charge < -0.3 is 10.2 Å². The number of carbonyl (C=O) groups excluding carboxylic acids is 2. The molecule has 1 unspecified atom stereocenters. The minimum atomic E-state index is -0.365. The molecule has 4 nitrogen and oxygen atoms in total. The normalized spacial score (nSPS) is 18.6. The summed E-state index contributed by atoms with van der Waals surface area (Å²) in [5.41, 5.74) is 3.29. The molecule has 2 aliphatic rings. The van der Waals surface area contributed by atoms with E-state index >= 15 is 0 Å². The summed E-state index contributed by atoms with van der Waals surface area (Å²) in [6.07, 6.45) is 3.38. The number of carbonyl (C=O) groups is 2. The average molecular weight is 381 g/mol. The molecule has 140 valence electrons. The Balaban J connectivity index is 1.44. The lowest BCUT2D eigenvalue weighted by Gasteiger charge is -2.27. The lowest BCUT2D eigenvalue weighted by molar-refractivity contribution is -0.133. The van der Waals surface area contributed by atoms with Crippen molar-refractivity contribution < 1.29 is 9.59 Å². The minimum Gasteiger partial charge on any atom is -0.335 e. The van der Waals surface area contributed by atoms with Crippen molar-refractivity contribution in [2.75, 3.05) is 5.32 Å². The van der Waals surface area contributed by atoms with Crippen molar-refractivity contribution in [2.45, 2.75) is 55.3 Å². The van der Waals surface area contributed by atoms with Crippen LogP contribution >= 0.6 is 11.8 Å². The molecule has 0 saturated heterocycles. The number of rotatable bonds is 6. The summed E-state index contributed by atoms with van der Waals surface area (Å²) < 4.78 is 0. The van der Waals surface area contributed by atoms with E-state index in [1.165, 1.54) is 17.3 Å². The zero-order valence-corrected chi connectivity index (χ0v) is 16.3. The van der Waals surface area contributed by atoms with E-state index in [9.17, 15) is 9.59 Å². The van der Waals surface area contributed by atoms with Crippen LogP contribution < -0.4 is 5.32 Å². The fraction of sp³-hybridized carbons (Fsp3) is 0.364. The van der Waals surface area contributed by atoms with Gasteiger partial charge in [0.05, 0.1) is 10.9 Å². The smallest absolute Gasteiger partial charge is 0.238 e. The number of thioether (sulfide) groups is 1. The van der Waals surface area contributed by atoms with Gasteiger partial charge in [-0.15, -0.1) is 11.8 Å². The van der Waals surface area contributed by atoms with Crippen LogP contribution in [0.2, 0.25) is 0 Å². The Bertz CT molecular complexity index is 846. The molecule has 27 heavy (non-hydrogen) atoms. The van der Waals surface area contributed by atoms with E-state index in [-0.39, 0.29) is 23.5 Å². The Morgan fingerprint density at radius 3 is 2.52 bits per heavy atom. The van der Waals surface area contributed by atoms with Crippen LogP contribution in [-0.4, -0.2) is 28.0 Å². The number of fused-ring (bicyclic) bond motifs is 1. The van der Waals surface area contributed by atoms with E-state index in [1.807, 2.05) is 29.2 Å². The third-order valence-electron chi connectivity index (χ3n) is 5.16. The lowest BCUT2D eigenvalue weighted by atomic mass is 10.1. The van der Waals surface area contributed by atoms with Gasteiger partial charge in [-0.1, -0.05) is 43.3 Å². The van der Waals surface area contributed by atoms with Crippen molar-refractivity contribution in [3.63, 3.8) is 0 Å². The number of nitrogens with zero attached hydrogens (tertiary/aromatic N) is 1. The van der Waals surface area contributed by atoms with Gasteiger partial charge in [0.1, 0.15) is 0 Å². The molecule has 1 N–H and O–H groups in total. The predicted octanol–water partition coefficient (Wildman–Crippen LogP) is 4.24. The van der Waals surface area contributed by atoms with Gasteiger partial charge in [-0.3, -0.25) is 9.59 Å². The lowest BCUT2D eigenvalue weighted by Crippen LogP contribution is -2.38. The van der Waals surface area contributed by atoms with Gasteiger partial charge in [-0.05, 0) is 42.5 Å². The fourth-order valence-electron chi connectivity index (χ4n) is 3.39. The summed E-state index contributed by atoms with van der Waals surface area (Å²) in [6.45, 7) is 2.77. The number of benzene rings is 2. The second-order valence-corrected chi connectivity index (χ2v) is 8.46. The van der Waals surface area contributed by atoms with E-state index in [4.69, 9.17) is 0 Å². The molecule has 4 rings (SSSR count). The number of para-hydroxylation sites is 1. The first-order chi connectivity index (χ1) is 13.1. The number of aryl methyl sites for hydroxylation is 1. The van der Waals surface area contributed by atoms with E-state index in [0.29, 0.717) is 12.6 Å². The molecule has 0 radical (unpaired) electrons. The molecule has 0 aromatic heterocycles. The standard InChI is InChI=1S/C22H24N2O2S/c1-2-15-7-9-16(10-8-15)14-24(17-11-12-17)21(25)13-20-22(26)23-18-5-3-4-6-19(18)27-20/h3-10,17,20H,2,11-14H2,1H3,(H,23,26). The Hall–Kier alpha value is -2.27. The van der Waals surface area contributed by atoms with Crippen LogP contribution in [0.25, 0.3) is 0 Å². The highest BCUT2D eigenvalue weighted by molar-refractivity contribution is 8.01. The Kier molecular flexibility index (Phi) is 5.21. The van der Waals surface area contributed by atoms with Gasteiger partial charge in [-0.2, -0.15) is 0 Å². The summed E-state index contributed by atoms with van der Waals surface area (Å²) in [5, 5.41) is 2.57. The van der Waals surface area contributed by atoms with E-state index < -0.39 is 0 Å². The van der Waals surface area contributed by atoms with Crippen LogP contribution in [0.4, 0.5) is 5.69 Å². The van der Waals surface area contributed by atoms with E-state index in [0.717, 1.165) is 35.4 Å². The van der Waals surface area contributed by atoms with Crippen LogP contribution in [0.15, 0.2) is 53.4 Å². The molecule has 1 atom stereocenters.